The molecule has 2 heterocycles. The van der Waals surface area contributed by atoms with Crippen molar-refractivity contribution in [2.75, 3.05) is 72.7 Å². The monoisotopic (exact) mass is 362 g/mol. The van der Waals surface area contributed by atoms with Gasteiger partial charge in [-0.25, -0.2) is 4.79 Å². The highest BCUT2D eigenvalue weighted by Crippen LogP contribution is 2.14. The van der Waals surface area contributed by atoms with Crippen LogP contribution in [-0.4, -0.2) is 93.4 Å². The molecule has 2 fully saturated rings. The molecule has 2 aliphatic heterocycles. The van der Waals surface area contributed by atoms with Gasteiger partial charge in [0.2, 0.25) is 0 Å². The fourth-order valence-electron chi connectivity index (χ4n) is 3.36. The molecule has 0 spiro atoms. The molecule has 144 valence electrons. The minimum atomic E-state index is 0.0577. The summed E-state index contributed by atoms with van der Waals surface area (Å²) < 4.78 is 10.5. The second-order valence-corrected chi connectivity index (χ2v) is 6.80. The van der Waals surface area contributed by atoms with E-state index in [1.165, 1.54) is 5.56 Å². The van der Waals surface area contributed by atoms with Crippen molar-refractivity contribution in [3.05, 3.63) is 29.8 Å². The third-order valence-corrected chi connectivity index (χ3v) is 5.03. The molecule has 0 aliphatic carbocycles. The quantitative estimate of drug-likeness (QED) is 0.813. The van der Waals surface area contributed by atoms with Crippen molar-refractivity contribution in [3.8, 4) is 5.75 Å². The molecule has 0 unspecified atom stereocenters. The number of amides is 2. The standard InChI is InChI=1S/C19H30N4O3/c1-25-18-4-2-17(3-5-18)16-22-8-10-23(11-9-22)19(24)20-6-7-21-12-14-26-15-13-21/h2-5H,6-16H2,1H3,(H,20,24). The Morgan fingerprint density at radius 1 is 1.04 bits per heavy atom. The summed E-state index contributed by atoms with van der Waals surface area (Å²) in [5.74, 6) is 0.882. The Balaban J connectivity index is 1.33. The van der Waals surface area contributed by atoms with Gasteiger partial charge in [0.25, 0.3) is 0 Å². The van der Waals surface area contributed by atoms with Crippen LogP contribution in [0.25, 0.3) is 0 Å². The zero-order chi connectivity index (χ0) is 18.2. The van der Waals surface area contributed by atoms with Crippen LogP contribution in [0.1, 0.15) is 5.56 Å². The van der Waals surface area contributed by atoms with E-state index in [0.29, 0.717) is 6.54 Å². The highest BCUT2D eigenvalue weighted by atomic mass is 16.5. The molecule has 1 aromatic carbocycles. The number of carbonyl (C=O) groups is 1. The van der Waals surface area contributed by atoms with Gasteiger partial charge in [-0.05, 0) is 17.7 Å². The minimum Gasteiger partial charge on any atom is -0.497 e. The zero-order valence-electron chi connectivity index (χ0n) is 15.7. The first-order chi connectivity index (χ1) is 12.7. The van der Waals surface area contributed by atoms with Crippen LogP contribution in [0.4, 0.5) is 4.79 Å². The fourth-order valence-corrected chi connectivity index (χ4v) is 3.36. The van der Waals surface area contributed by atoms with Gasteiger partial charge in [-0.15, -0.1) is 0 Å². The molecule has 26 heavy (non-hydrogen) atoms. The average molecular weight is 362 g/mol. The average Bonchev–Trinajstić information content (AvgIpc) is 2.70. The Bertz CT molecular complexity index is 552. The smallest absolute Gasteiger partial charge is 0.317 e. The van der Waals surface area contributed by atoms with Crippen molar-refractivity contribution in [1.82, 2.24) is 20.0 Å². The number of benzene rings is 1. The number of morpholine rings is 1. The molecule has 1 aromatic rings. The molecular weight excluding hydrogens is 332 g/mol. The van der Waals surface area contributed by atoms with E-state index in [1.54, 1.807) is 7.11 Å². The summed E-state index contributed by atoms with van der Waals surface area (Å²) in [6, 6.07) is 8.25. The normalized spacial score (nSPS) is 19.3. The summed E-state index contributed by atoms with van der Waals surface area (Å²) in [6.45, 7) is 9.38. The molecule has 2 saturated heterocycles. The van der Waals surface area contributed by atoms with Crippen LogP contribution in [0, 0.1) is 0 Å². The summed E-state index contributed by atoms with van der Waals surface area (Å²) in [7, 11) is 1.68. The number of urea groups is 1. The van der Waals surface area contributed by atoms with E-state index < -0.39 is 0 Å². The summed E-state index contributed by atoms with van der Waals surface area (Å²) in [4.78, 5) is 19.0. The van der Waals surface area contributed by atoms with E-state index in [9.17, 15) is 4.79 Å². The number of nitrogens with zero attached hydrogens (tertiary/aromatic N) is 3. The maximum Gasteiger partial charge on any atom is 0.317 e. The summed E-state index contributed by atoms with van der Waals surface area (Å²) in [6.07, 6.45) is 0. The van der Waals surface area contributed by atoms with Crippen molar-refractivity contribution < 1.29 is 14.3 Å². The van der Waals surface area contributed by atoms with Gasteiger partial charge in [0.05, 0.1) is 20.3 Å². The molecule has 0 bridgehead atoms. The number of hydrogen-bond donors (Lipinski definition) is 1. The molecule has 2 aliphatic rings. The lowest BCUT2D eigenvalue weighted by Crippen LogP contribution is -2.52. The topological polar surface area (TPSA) is 57.3 Å². The van der Waals surface area contributed by atoms with Crippen LogP contribution >= 0.6 is 0 Å². The van der Waals surface area contributed by atoms with Gasteiger partial charge in [-0.3, -0.25) is 9.80 Å². The van der Waals surface area contributed by atoms with Crippen LogP contribution in [0.5, 0.6) is 5.75 Å². The first-order valence-corrected chi connectivity index (χ1v) is 9.43. The zero-order valence-corrected chi connectivity index (χ0v) is 15.7. The summed E-state index contributed by atoms with van der Waals surface area (Å²) >= 11 is 0. The molecule has 0 atom stereocenters. The third kappa shape index (κ3) is 5.59. The van der Waals surface area contributed by atoms with Crippen LogP contribution in [0.15, 0.2) is 24.3 Å². The molecule has 0 radical (unpaired) electrons. The Kier molecular flexibility index (Phi) is 7.11. The van der Waals surface area contributed by atoms with Gasteiger partial charge in [0, 0.05) is 58.9 Å². The van der Waals surface area contributed by atoms with E-state index in [2.05, 4.69) is 27.2 Å². The van der Waals surface area contributed by atoms with Gasteiger partial charge < -0.3 is 19.7 Å². The highest BCUT2D eigenvalue weighted by molar-refractivity contribution is 5.74. The van der Waals surface area contributed by atoms with Crippen LogP contribution in [-0.2, 0) is 11.3 Å². The SMILES string of the molecule is COc1ccc(CN2CCN(C(=O)NCCN3CCOCC3)CC2)cc1. The molecule has 7 nitrogen and oxygen atoms in total. The lowest BCUT2D eigenvalue weighted by molar-refractivity contribution is 0.0385. The van der Waals surface area contributed by atoms with Crippen molar-refractivity contribution in [2.24, 2.45) is 0 Å². The number of ether oxygens (including phenoxy) is 2. The number of nitrogens with one attached hydrogen (secondary N) is 1. The summed E-state index contributed by atoms with van der Waals surface area (Å²) in [5.41, 5.74) is 1.27. The maximum atomic E-state index is 12.3. The summed E-state index contributed by atoms with van der Waals surface area (Å²) in [5, 5.41) is 3.05. The van der Waals surface area contributed by atoms with Crippen molar-refractivity contribution in [3.63, 3.8) is 0 Å². The lowest BCUT2D eigenvalue weighted by Gasteiger charge is -2.35. The van der Waals surface area contributed by atoms with Crippen LogP contribution in [0.2, 0.25) is 0 Å². The van der Waals surface area contributed by atoms with Crippen LogP contribution < -0.4 is 10.1 Å². The van der Waals surface area contributed by atoms with Gasteiger partial charge in [0.15, 0.2) is 0 Å². The second-order valence-electron chi connectivity index (χ2n) is 6.80. The Morgan fingerprint density at radius 2 is 1.73 bits per heavy atom. The first kappa shape index (κ1) is 18.9. The van der Waals surface area contributed by atoms with E-state index in [-0.39, 0.29) is 6.03 Å². The van der Waals surface area contributed by atoms with E-state index >= 15 is 0 Å². The van der Waals surface area contributed by atoms with Crippen molar-refractivity contribution >= 4 is 6.03 Å². The Hall–Kier alpha value is -1.83. The van der Waals surface area contributed by atoms with Gasteiger partial charge in [-0.2, -0.15) is 0 Å². The minimum absolute atomic E-state index is 0.0577. The fraction of sp³-hybridized carbons (Fsp3) is 0.632. The molecule has 7 heteroatoms. The Labute approximate surface area is 155 Å². The van der Waals surface area contributed by atoms with Gasteiger partial charge >= 0.3 is 6.03 Å². The Morgan fingerprint density at radius 3 is 2.38 bits per heavy atom. The number of hydrogen-bond acceptors (Lipinski definition) is 5. The van der Waals surface area contributed by atoms with Gasteiger partial charge in [-0.1, -0.05) is 12.1 Å². The predicted octanol–water partition coefficient (Wildman–Crippen LogP) is 0.855. The maximum absolute atomic E-state index is 12.3. The molecule has 2 amide bonds. The molecule has 1 N–H and O–H groups in total. The highest BCUT2D eigenvalue weighted by Gasteiger charge is 2.21. The second kappa shape index (κ2) is 9.75. The molecule has 0 aromatic heterocycles. The molecular formula is C19H30N4O3. The largest absolute Gasteiger partial charge is 0.497 e. The number of rotatable bonds is 6. The number of carbonyl (C=O) groups excluding carboxylic acids is 1. The van der Waals surface area contributed by atoms with Crippen molar-refractivity contribution in [2.45, 2.75) is 6.54 Å². The predicted molar refractivity (Wildman–Crippen MR) is 101 cm³/mol. The third-order valence-electron chi connectivity index (χ3n) is 5.03. The van der Waals surface area contributed by atoms with E-state index in [1.807, 2.05) is 17.0 Å². The van der Waals surface area contributed by atoms with Gasteiger partial charge in [0.1, 0.15) is 5.75 Å². The first-order valence-electron chi connectivity index (χ1n) is 9.43. The number of methoxy groups -OCH3 is 1. The molecule has 0 saturated carbocycles. The van der Waals surface area contributed by atoms with Crippen LogP contribution in [0.3, 0.4) is 0 Å². The van der Waals surface area contributed by atoms with E-state index in [4.69, 9.17) is 9.47 Å². The van der Waals surface area contributed by atoms with Crippen molar-refractivity contribution in [1.29, 1.82) is 0 Å². The number of piperazine rings is 1. The lowest BCUT2D eigenvalue weighted by atomic mass is 10.2. The molecule has 3 rings (SSSR count). The van der Waals surface area contributed by atoms with E-state index in [0.717, 1.165) is 71.3 Å².